The average molecular weight is 811 g/mol. The van der Waals surface area contributed by atoms with Crippen molar-refractivity contribution in [3.05, 3.63) is 232 Å². The number of aromatic hydroxyl groups is 3. The first kappa shape index (κ1) is 36.1. The molecule has 0 fully saturated rings. The third kappa shape index (κ3) is 4.54. The molecular formula is C60H42O3. The van der Waals surface area contributed by atoms with Crippen molar-refractivity contribution >= 4 is 32.3 Å². The molecule has 3 aliphatic carbocycles. The second-order valence-corrected chi connectivity index (χ2v) is 18.5. The van der Waals surface area contributed by atoms with Gasteiger partial charge in [-0.1, -0.05) is 127 Å². The van der Waals surface area contributed by atoms with E-state index in [1.807, 2.05) is 36.4 Å². The molecule has 3 atom stereocenters. The third-order valence-corrected chi connectivity index (χ3v) is 15.4. The Morgan fingerprint density at radius 2 is 0.540 bits per heavy atom. The van der Waals surface area contributed by atoms with E-state index in [1.54, 1.807) is 18.2 Å². The van der Waals surface area contributed by atoms with Crippen LogP contribution in [0.4, 0.5) is 0 Å². The normalized spacial score (nSPS) is 20.0. The molecule has 63 heavy (non-hydrogen) atoms. The van der Waals surface area contributed by atoms with Gasteiger partial charge in [0, 0.05) is 16.2 Å². The fraction of sp³-hybridized carbons (Fsp3) is 0.100. The van der Waals surface area contributed by atoms with Crippen molar-refractivity contribution in [3.63, 3.8) is 0 Å². The first-order chi connectivity index (χ1) is 30.6. The van der Waals surface area contributed by atoms with E-state index < -0.39 is 16.2 Å². The van der Waals surface area contributed by atoms with E-state index in [-0.39, 0.29) is 17.2 Å². The summed E-state index contributed by atoms with van der Waals surface area (Å²) in [5.74, 6) is 0.784. The summed E-state index contributed by atoms with van der Waals surface area (Å²) in [4.78, 5) is 0. The highest BCUT2D eigenvalue weighted by atomic mass is 16.3. The second-order valence-electron chi connectivity index (χ2n) is 18.5. The van der Waals surface area contributed by atoms with Gasteiger partial charge in [-0.2, -0.15) is 0 Å². The van der Waals surface area contributed by atoms with Crippen LogP contribution in [0.5, 0.6) is 17.2 Å². The Labute approximate surface area is 365 Å². The molecule has 3 nitrogen and oxygen atoms in total. The van der Waals surface area contributed by atoms with Gasteiger partial charge in [-0.25, -0.2) is 0 Å². The molecule has 300 valence electrons. The molecule has 13 rings (SSSR count). The van der Waals surface area contributed by atoms with Gasteiger partial charge in [0.25, 0.3) is 0 Å². The SMILES string of the molecule is CC1(c2ccc3cc(O)ccc3c2)c2ccccc2-c2c1c1c(c3c2C(C)(c2ccc4cc(O)ccc4c2)c2ccccc2-3)C(C)(c2ccc3cc(O)ccc3c2)c2ccccc2-1. The van der Waals surface area contributed by atoms with Crippen LogP contribution in [0, 0.1) is 0 Å². The van der Waals surface area contributed by atoms with Gasteiger partial charge in [0.2, 0.25) is 0 Å². The van der Waals surface area contributed by atoms with Crippen molar-refractivity contribution in [2.75, 3.05) is 0 Å². The maximum atomic E-state index is 10.5. The summed E-state index contributed by atoms with van der Waals surface area (Å²) >= 11 is 0. The van der Waals surface area contributed by atoms with Gasteiger partial charge in [0.15, 0.2) is 0 Å². The van der Waals surface area contributed by atoms with E-state index in [1.165, 1.54) is 83.5 Å². The number of rotatable bonds is 3. The zero-order valence-electron chi connectivity index (χ0n) is 35.2. The van der Waals surface area contributed by atoms with Crippen molar-refractivity contribution in [2.24, 2.45) is 0 Å². The van der Waals surface area contributed by atoms with Crippen LogP contribution < -0.4 is 0 Å². The van der Waals surface area contributed by atoms with Crippen LogP contribution in [0.25, 0.3) is 65.7 Å². The highest BCUT2D eigenvalue weighted by Crippen LogP contribution is 2.70. The number of benzene rings is 10. The van der Waals surface area contributed by atoms with Crippen LogP contribution in [0.15, 0.2) is 182 Å². The Bertz CT molecular complexity index is 3270. The summed E-state index contributed by atoms with van der Waals surface area (Å²) < 4.78 is 0. The first-order valence-electron chi connectivity index (χ1n) is 21.8. The molecule has 3 heteroatoms. The molecule has 0 saturated heterocycles. The second kappa shape index (κ2) is 12.3. The number of hydrogen-bond donors (Lipinski definition) is 3. The summed E-state index contributed by atoms with van der Waals surface area (Å²) in [6.45, 7) is 7.32. The zero-order valence-corrected chi connectivity index (χ0v) is 35.2. The number of phenols is 3. The molecule has 0 spiro atoms. The van der Waals surface area contributed by atoms with E-state index in [0.29, 0.717) is 0 Å². The molecule has 3 N–H and O–H groups in total. The zero-order chi connectivity index (χ0) is 42.6. The van der Waals surface area contributed by atoms with Gasteiger partial charge < -0.3 is 15.3 Å². The quantitative estimate of drug-likeness (QED) is 0.167. The first-order valence-corrected chi connectivity index (χ1v) is 21.8. The lowest BCUT2D eigenvalue weighted by Crippen LogP contribution is -2.28. The number of fused-ring (bicyclic) bond motifs is 15. The third-order valence-electron chi connectivity index (χ3n) is 15.4. The monoisotopic (exact) mass is 810 g/mol. The van der Waals surface area contributed by atoms with E-state index in [0.717, 1.165) is 32.3 Å². The molecule has 10 aromatic rings. The lowest BCUT2D eigenvalue weighted by molar-refractivity contribution is 0.475. The minimum atomic E-state index is -0.576. The lowest BCUT2D eigenvalue weighted by atomic mass is 9.65. The Hall–Kier alpha value is -7.62. The molecule has 0 aliphatic heterocycles. The van der Waals surface area contributed by atoms with Crippen LogP contribution >= 0.6 is 0 Å². The van der Waals surface area contributed by atoms with Gasteiger partial charge >= 0.3 is 0 Å². The number of hydrogen-bond acceptors (Lipinski definition) is 3. The predicted octanol–water partition coefficient (Wildman–Crippen LogP) is 14.3. The molecule has 0 heterocycles. The van der Waals surface area contributed by atoms with Gasteiger partial charge in [0.1, 0.15) is 17.2 Å². The van der Waals surface area contributed by atoms with Crippen LogP contribution in [0.2, 0.25) is 0 Å². The van der Waals surface area contributed by atoms with Gasteiger partial charge in [-0.05, 0) is 191 Å². The summed E-state index contributed by atoms with van der Waals surface area (Å²) in [7, 11) is 0. The van der Waals surface area contributed by atoms with Crippen LogP contribution in [-0.4, -0.2) is 15.3 Å². The van der Waals surface area contributed by atoms with E-state index in [4.69, 9.17) is 0 Å². The minimum absolute atomic E-state index is 0.261. The van der Waals surface area contributed by atoms with Crippen molar-refractivity contribution < 1.29 is 15.3 Å². The maximum absolute atomic E-state index is 10.5. The van der Waals surface area contributed by atoms with Gasteiger partial charge in [-0.3, -0.25) is 0 Å². The average Bonchev–Trinajstić information content (AvgIpc) is 3.85. The van der Waals surface area contributed by atoms with Gasteiger partial charge in [-0.15, -0.1) is 0 Å². The highest BCUT2D eigenvalue weighted by Gasteiger charge is 2.56. The Balaban J connectivity index is 1.24. The van der Waals surface area contributed by atoms with Crippen molar-refractivity contribution in [1.82, 2.24) is 0 Å². The Morgan fingerprint density at radius 3 is 0.841 bits per heavy atom. The van der Waals surface area contributed by atoms with Crippen molar-refractivity contribution in [1.29, 1.82) is 0 Å². The summed E-state index contributed by atoms with van der Waals surface area (Å²) in [6.07, 6.45) is 0. The molecular weight excluding hydrogens is 769 g/mol. The van der Waals surface area contributed by atoms with E-state index in [2.05, 4.69) is 148 Å². The molecule has 0 bridgehead atoms. The molecule has 3 unspecified atom stereocenters. The van der Waals surface area contributed by atoms with Gasteiger partial charge in [0.05, 0.1) is 0 Å². The van der Waals surface area contributed by atoms with Crippen molar-refractivity contribution in [2.45, 2.75) is 37.0 Å². The van der Waals surface area contributed by atoms with E-state index in [9.17, 15) is 15.3 Å². The largest absolute Gasteiger partial charge is 0.508 e. The molecule has 0 amide bonds. The summed E-state index contributed by atoms with van der Waals surface area (Å²) in [5, 5.41) is 37.7. The maximum Gasteiger partial charge on any atom is 0.116 e. The van der Waals surface area contributed by atoms with E-state index >= 15 is 0 Å². The molecule has 10 aromatic carbocycles. The summed E-state index contributed by atoms with van der Waals surface area (Å²) in [6, 6.07) is 64.6. The smallest absolute Gasteiger partial charge is 0.116 e. The fourth-order valence-electron chi connectivity index (χ4n) is 12.4. The van der Waals surface area contributed by atoms with Crippen LogP contribution in [-0.2, 0) is 16.2 Å². The Kier molecular flexibility index (Phi) is 7.03. The number of phenolic OH excluding ortho intramolecular Hbond substituents is 3. The molecule has 0 aromatic heterocycles. The standard InChI is InChI=1S/C60H42O3/c1-58(40-22-16-37-31-43(61)25-19-34(37)28-40)49-13-7-4-10-46(49)52-55(58)53-47-11-5-8-14-50(47)59(2,41-23-17-38-32-44(62)26-20-35(38)29-41)57(53)54-48-12-6-9-15-51(48)60(3,56(52)54)42-24-18-39-33-45(63)27-21-36(39)30-42/h4-33,61-63H,1-3H3. The van der Waals surface area contributed by atoms with Crippen LogP contribution in [0.1, 0.15) is 70.8 Å². The minimum Gasteiger partial charge on any atom is -0.508 e. The van der Waals surface area contributed by atoms with Crippen molar-refractivity contribution in [3.8, 4) is 50.6 Å². The topological polar surface area (TPSA) is 60.7 Å². The predicted molar refractivity (Wildman–Crippen MR) is 256 cm³/mol. The summed E-state index contributed by atoms with van der Waals surface area (Å²) in [5.41, 5.74) is 17.3. The highest BCUT2D eigenvalue weighted by molar-refractivity contribution is 6.07. The molecule has 0 saturated carbocycles. The fourth-order valence-corrected chi connectivity index (χ4v) is 12.4. The Morgan fingerprint density at radius 1 is 0.286 bits per heavy atom. The lowest BCUT2D eigenvalue weighted by Gasteiger charge is -2.36. The molecule has 0 radical (unpaired) electrons. The molecule has 3 aliphatic rings. The van der Waals surface area contributed by atoms with Crippen LogP contribution in [0.3, 0.4) is 0 Å².